The lowest BCUT2D eigenvalue weighted by molar-refractivity contribution is -0.139. The number of hydrogen-bond donors (Lipinski definition) is 1. The number of esters is 1. The normalized spacial score (nSPS) is 18.8. The molecule has 1 aromatic heterocycles. The van der Waals surface area contributed by atoms with E-state index in [2.05, 4.69) is 24.2 Å². The van der Waals surface area contributed by atoms with Crippen molar-refractivity contribution in [3.05, 3.63) is 44.8 Å². The van der Waals surface area contributed by atoms with Crippen LogP contribution in [0.15, 0.2) is 44.2 Å². The second-order valence-corrected chi connectivity index (χ2v) is 8.66. The van der Waals surface area contributed by atoms with Crippen LogP contribution in [0.25, 0.3) is 0 Å². The molecule has 1 unspecified atom stereocenters. The Labute approximate surface area is 173 Å². The molecule has 6 nitrogen and oxygen atoms in total. The summed E-state index contributed by atoms with van der Waals surface area (Å²) in [6, 6.07) is 1.67. The zero-order valence-electron chi connectivity index (χ0n) is 16.5. The van der Waals surface area contributed by atoms with Gasteiger partial charge in [-0.15, -0.1) is 0 Å². The third-order valence-electron chi connectivity index (χ3n) is 4.40. The molecule has 8 heteroatoms. The van der Waals surface area contributed by atoms with Gasteiger partial charge < -0.3 is 15.0 Å². The first-order chi connectivity index (χ1) is 13.4. The molecule has 150 valence electrons. The monoisotopic (exact) mass is 419 g/mol. The molecule has 1 atom stereocenters. The number of thiophene rings is 1. The highest BCUT2D eigenvalue weighted by molar-refractivity contribution is 8.16. The predicted molar refractivity (Wildman–Crippen MR) is 114 cm³/mol. The van der Waals surface area contributed by atoms with Crippen LogP contribution in [0.1, 0.15) is 45.7 Å². The number of fused-ring (bicyclic) bond motifs is 1. The lowest BCUT2D eigenvalue weighted by Gasteiger charge is -2.35. The Morgan fingerprint density at radius 2 is 2.18 bits per heavy atom. The smallest absolute Gasteiger partial charge is 0.338 e. The fourth-order valence-electron chi connectivity index (χ4n) is 3.13. The number of hydrogen-bond acceptors (Lipinski definition) is 7. The minimum atomic E-state index is -0.362. The van der Waals surface area contributed by atoms with E-state index in [1.54, 1.807) is 18.3 Å². The highest BCUT2D eigenvalue weighted by atomic mass is 32.2. The highest BCUT2D eigenvalue weighted by Crippen LogP contribution is 2.45. The van der Waals surface area contributed by atoms with Gasteiger partial charge in [0.05, 0.1) is 30.3 Å². The summed E-state index contributed by atoms with van der Waals surface area (Å²) >= 11 is 3.06. The Bertz CT molecular complexity index is 841. The third kappa shape index (κ3) is 4.33. The number of nitrogens with zero attached hydrogens (tertiary/aromatic N) is 2. The van der Waals surface area contributed by atoms with E-state index < -0.39 is 0 Å². The van der Waals surface area contributed by atoms with Gasteiger partial charge in [-0.1, -0.05) is 25.6 Å². The van der Waals surface area contributed by atoms with Crippen molar-refractivity contribution in [1.29, 1.82) is 0 Å². The van der Waals surface area contributed by atoms with Crippen molar-refractivity contribution in [2.24, 2.45) is 10.9 Å². The van der Waals surface area contributed by atoms with Gasteiger partial charge in [-0.25, -0.2) is 9.79 Å². The first-order valence-electron chi connectivity index (χ1n) is 9.32. The molecule has 1 N–H and O–H groups in total. The minimum Gasteiger partial charge on any atom is -0.463 e. The number of thioether (sulfide) groups is 1. The average molecular weight is 420 g/mol. The molecule has 0 fully saturated rings. The van der Waals surface area contributed by atoms with Gasteiger partial charge in [-0.2, -0.15) is 11.3 Å². The van der Waals surface area contributed by atoms with Crippen LogP contribution in [0, 0.1) is 5.92 Å². The quantitative estimate of drug-likeness (QED) is 0.675. The summed E-state index contributed by atoms with van der Waals surface area (Å²) < 4.78 is 5.31. The molecule has 28 heavy (non-hydrogen) atoms. The second-order valence-electron chi connectivity index (χ2n) is 7.04. The van der Waals surface area contributed by atoms with E-state index >= 15 is 0 Å². The lowest BCUT2D eigenvalue weighted by Crippen LogP contribution is -2.38. The van der Waals surface area contributed by atoms with Crippen LogP contribution in [0.3, 0.4) is 0 Å². The molecule has 1 aromatic rings. The molecule has 2 aliphatic rings. The molecule has 0 aliphatic carbocycles. The number of nitrogens with one attached hydrogen (secondary N) is 1. The third-order valence-corrected chi connectivity index (χ3v) is 5.99. The van der Waals surface area contributed by atoms with Crippen molar-refractivity contribution in [3.8, 4) is 0 Å². The molecule has 0 bridgehead atoms. The van der Waals surface area contributed by atoms with Gasteiger partial charge >= 0.3 is 5.97 Å². The van der Waals surface area contributed by atoms with E-state index in [-0.39, 0.29) is 24.3 Å². The standard InChI is InChI=1S/C20H25N3O3S2/c1-5-26-19(25)17-13(4)22-20-23(18(17)14-6-7-27-10-14)15(11-28-20)8-16(24)21-9-12(2)3/h6-7,10-12,18H,5,8-9H2,1-4H3,(H,21,24). The Hall–Kier alpha value is -2.06. The summed E-state index contributed by atoms with van der Waals surface area (Å²) in [5, 5.41) is 9.71. The number of amides is 1. The number of amidine groups is 1. The zero-order valence-corrected chi connectivity index (χ0v) is 18.2. The van der Waals surface area contributed by atoms with Crippen LogP contribution >= 0.6 is 23.1 Å². The molecular weight excluding hydrogens is 394 g/mol. The van der Waals surface area contributed by atoms with Crippen LogP contribution in [0.2, 0.25) is 0 Å². The van der Waals surface area contributed by atoms with Crippen LogP contribution in [0.4, 0.5) is 0 Å². The number of rotatable bonds is 7. The van der Waals surface area contributed by atoms with E-state index in [0.717, 1.165) is 16.4 Å². The van der Waals surface area contributed by atoms with E-state index in [0.29, 0.717) is 30.3 Å². The Kier molecular flexibility index (Phi) is 6.61. The molecule has 2 aliphatic heterocycles. The summed E-state index contributed by atoms with van der Waals surface area (Å²) in [4.78, 5) is 31.8. The van der Waals surface area contributed by atoms with Gasteiger partial charge in [0, 0.05) is 12.2 Å². The summed E-state index contributed by atoms with van der Waals surface area (Å²) in [5.74, 6) is -0.00288. The lowest BCUT2D eigenvalue weighted by atomic mass is 9.96. The SMILES string of the molecule is CCOC(=O)C1=C(C)N=C2SC=C(CC(=O)NCC(C)C)N2C1c1ccsc1. The number of carbonyl (C=O) groups excluding carboxylic acids is 2. The van der Waals surface area contributed by atoms with Crippen molar-refractivity contribution >= 4 is 40.1 Å². The van der Waals surface area contributed by atoms with Gasteiger partial charge in [0.2, 0.25) is 5.91 Å². The maximum Gasteiger partial charge on any atom is 0.338 e. The molecule has 1 amide bonds. The van der Waals surface area contributed by atoms with Crippen LogP contribution in [-0.4, -0.2) is 35.1 Å². The Balaban J connectivity index is 1.91. The molecule has 0 spiro atoms. The number of allylic oxidation sites excluding steroid dienone is 1. The second kappa shape index (κ2) is 8.96. The van der Waals surface area contributed by atoms with Crippen molar-refractivity contribution in [3.63, 3.8) is 0 Å². The maximum absolute atomic E-state index is 12.7. The van der Waals surface area contributed by atoms with Crippen molar-refractivity contribution in [2.45, 2.75) is 40.2 Å². The van der Waals surface area contributed by atoms with Crippen LogP contribution in [-0.2, 0) is 14.3 Å². The van der Waals surface area contributed by atoms with E-state index in [1.807, 2.05) is 34.1 Å². The van der Waals surface area contributed by atoms with E-state index in [1.165, 1.54) is 11.8 Å². The molecule has 3 heterocycles. The predicted octanol–water partition coefficient (Wildman–Crippen LogP) is 4.05. The van der Waals surface area contributed by atoms with Crippen molar-refractivity contribution in [1.82, 2.24) is 10.2 Å². The molecule has 3 rings (SSSR count). The summed E-state index contributed by atoms with van der Waals surface area (Å²) in [5.41, 5.74) is 3.03. The summed E-state index contributed by atoms with van der Waals surface area (Å²) in [7, 11) is 0. The fourth-order valence-corrected chi connectivity index (χ4v) is 4.77. The molecular formula is C20H25N3O3S2. The van der Waals surface area contributed by atoms with Crippen LogP contribution in [0.5, 0.6) is 0 Å². The van der Waals surface area contributed by atoms with Gasteiger partial charge in [-0.05, 0) is 47.6 Å². The van der Waals surface area contributed by atoms with Crippen molar-refractivity contribution in [2.75, 3.05) is 13.2 Å². The summed E-state index contributed by atoms with van der Waals surface area (Å²) in [6.07, 6.45) is 0.245. The van der Waals surface area contributed by atoms with Gasteiger partial charge in [0.1, 0.15) is 0 Å². The summed E-state index contributed by atoms with van der Waals surface area (Å²) in [6.45, 7) is 8.70. The number of ether oxygens (including phenoxy) is 1. The largest absolute Gasteiger partial charge is 0.463 e. The fraction of sp³-hybridized carbons (Fsp3) is 0.450. The van der Waals surface area contributed by atoms with Gasteiger partial charge in [-0.3, -0.25) is 4.79 Å². The zero-order chi connectivity index (χ0) is 20.3. The first kappa shape index (κ1) is 20.7. The topological polar surface area (TPSA) is 71.0 Å². The Morgan fingerprint density at radius 1 is 1.39 bits per heavy atom. The van der Waals surface area contributed by atoms with Gasteiger partial charge in [0.15, 0.2) is 5.17 Å². The average Bonchev–Trinajstić information content (AvgIpc) is 3.29. The van der Waals surface area contributed by atoms with Gasteiger partial charge in [0.25, 0.3) is 0 Å². The van der Waals surface area contributed by atoms with E-state index in [9.17, 15) is 9.59 Å². The maximum atomic E-state index is 12.7. The van der Waals surface area contributed by atoms with Crippen LogP contribution < -0.4 is 5.32 Å². The first-order valence-corrected chi connectivity index (χ1v) is 11.1. The molecule has 0 saturated heterocycles. The highest BCUT2D eigenvalue weighted by Gasteiger charge is 2.41. The molecule has 0 aromatic carbocycles. The minimum absolute atomic E-state index is 0.0326. The number of aliphatic imine (C=N–C) groups is 1. The Morgan fingerprint density at radius 3 is 2.82 bits per heavy atom. The van der Waals surface area contributed by atoms with E-state index in [4.69, 9.17) is 4.74 Å². The number of carbonyl (C=O) groups is 2. The van der Waals surface area contributed by atoms with Crippen molar-refractivity contribution < 1.29 is 14.3 Å². The molecule has 0 radical (unpaired) electrons. The molecule has 0 saturated carbocycles.